The van der Waals surface area contributed by atoms with Crippen molar-refractivity contribution in [2.45, 2.75) is 27.3 Å². The first-order valence-electron chi connectivity index (χ1n) is 9.57. The van der Waals surface area contributed by atoms with Crippen molar-refractivity contribution in [3.63, 3.8) is 0 Å². The molecule has 1 N–H and O–H groups in total. The first-order valence-corrected chi connectivity index (χ1v) is 9.57. The number of carbonyl (C=O) groups is 1. The van der Waals surface area contributed by atoms with Crippen LogP contribution in [0.4, 0.5) is 0 Å². The highest BCUT2D eigenvalue weighted by Gasteiger charge is 2.25. The third-order valence-corrected chi connectivity index (χ3v) is 4.90. The van der Waals surface area contributed by atoms with Crippen LogP contribution in [0.15, 0.2) is 53.3 Å². The van der Waals surface area contributed by atoms with Crippen LogP contribution in [0, 0.1) is 25.2 Å². The molecular weight excluding hydrogens is 380 g/mol. The topological polar surface area (TPSA) is 92.3 Å². The van der Waals surface area contributed by atoms with Crippen LogP contribution in [-0.4, -0.2) is 22.1 Å². The van der Waals surface area contributed by atoms with Crippen LogP contribution in [0.25, 0.3) is 0 Å². The molecule has 3 aromatic rings. The van der Waals surface area contributed by atoms with E-state index in [1.807, 2.05) is 44.2 Å². The van der Waals surface area contributed by atoms with Gasteiger partial charge in [-0.25, -0.2) is 0 Å². The highest BCUT2D eigenvalue weighted by Crippen LogP contribution is 2.27. The van der Waals surface area contributed by atoms with E-state index in [0.29, 0.717) is 17.9 Å². The highest BCUT2D eigenvalue weighted by molar-refractivity contribution is 6.11. The zero-order valence-electron chi connectivity index (χ0n) is 17.1. The molecule has 0 saturated heterocycles. The normalized spacial score (nSPS) is 10.5. The SMILES string of the molecule is CCOc1cccc(C(=O)c2c(C)c(C#N)c(=O)n(Cc3ccc(C)cc3)c2O)c1. The van der Waals surface area contributed by atoms with E-state index in [9.17, 15) is 20.0 Å². The van der Waals surface area contributed by atoms with Gasteiger partial charge in [0.1, 0.15) is 17.4 Å². The van der Waals surface area contributed by atoms with Crippen LogP contribution in [-0.2, 0) is 6.54 Å². The minimum atomic E-state index is -0.632. The van der Waals surface area contributed by atoms with Gasteiger partial charge >= 0.3 is 0 Å². The number of aromatic nitrogens is 1. The Bertz CT molecular complexity index is 1200. The van der Waals surface area contributed by atoms with E-state index < -0.39 is 17.2 Å². The Kier molecular flexibility index (Phi) is 6.03. The van der Waals surface area contributed by atoms with Crippen LogP contribution in [0.5, 0.6) is 11.6 Å². The Morgan fingerprint density at radius 3 is 2.50 bits per heavy atom. The number of nitrogens with zero attached hydrogens (tertiary/aromatic N) is 2. The number of ketones is 1. The summed E-state index contributed by atoms with van der Waals surface area (Å²) in [5.74, 6) is -0.418. The minimum absolute atomic E-state index is 0.0408. The summed E-state index contributed by atoms with van der Waals surface area (Å²) in [4.78, 5) is 26.0. The van der Waals surface area contributed by atoms with E-state index in [-0.39, 0.29) is 23.2 Å². The fourth-order valence-electron chi connectivity index (χ4n) is 3.28. The monoisotopic (exact) mass is 402 g/mol. The zero-order chi connectivity index (χ0) is 21.8. The summed E-state index contributed by atoms with van der Waals surface area (Å²) in [5, 5.41) is 20.4. The van der Waals surface area contributed by atoms with Gasteiger partial charge in [-0.15, -0.1) is 0 Å². The second-order valence-corrected chi connectivity index (χ2v) is 6.98. The summed E-state index contributed by atoms with van der Waals surface area (Å²) in [5.41, 5.74) is 1.42. The van der Waals surface area contributed by atoms with Crippen LogP contribution in [0.1, 0.15) is 45.1 Å². The molecule has 2 aromatic carbocycles. The number of ether oxygens (including phenoxy) is 1. The summed E-state index contributed by atoms with van der Waals surface area (Å²) >= 11 is 0. The van der Waals surface area contributed by atoms with Gasteiger partial charge in [0.15, 0.2) is 5.78 Å². The number of hydrogen-bond donors (Lipinski definition) is 1. The number of hydrogen-bond acceptors (Lipinski definition) is 5. The molecule has 0 amide bonds. The number of aromatic hydroxyl groups is 1. The number of pyridine rings is 1. The van der Waals surface area contributed by atoms with Gasteiger partial charge in [0, 0.05) is 5.56 Å². The van der Waals surface area contributed by atoms with E-state index in [0.717, 1.165) is 15.7 Å². The molecule has 0 saturated carbocycles. The molecule has 3 rings (SSSR count). The van der Waals surface area contributed by atoms with Crippen molar-refractivity contribution in [2.24, 2.45) is 0 Å². The fourth-order valence-corrected chi connectivity index (χ4v) is 3.28. The van der Waals surface area contributed by atoms with Gasteiger partial charge in [0.05, 0.1) is 18.7 Å². The van der Waals surface area contributed by atoms with Gasteiger partial charge in [-0.2, -0.15) is 5.26 Å². The standard InChI is InChI=1S/C24H22N2O4/c1-4-30-19-7-5-6-18(12-19)22(27)21-16(3)20(13-25)23(28)26(24(21)29)14-17-10-8-15(2)9-11-17/h5-12,29H,4,14H2,1-3H3. The van der Waals surface area contributed by atoms with Crippen molar-refractivity contribution in [1.82, 2.24) is 4.57 Å². The van der Waals surface area contributed by atoms with Crippen molar-refractivity contribution in [1.29, 1.82) is 5.26 Å². The highest BCUT2D eigenvalue weighted by atomic mass is 16.5. The molecule has 0 fully saturated rings. The lowest BCUT2D eigenvalue weighted by atomic mass is 9.97. The Hall–Kier alpha value is -3.85. The summed E-state index contributed by atoms with van der Waals surface area (Å²) < 4.78 is 6.51. The van der Waals surface area contributed by atoms with Gasteiger partial charge in [-0.1, -0.05) is 42.0 Å². The number of carbonyl (C=O) groups excluding carboxylic acids is 1. The molecule has 0 bridgehead atoms. The quantitative estimate of drug-likeness (QED) is 0.635. The van der Waals surface area contributed by atoms with Gasteiger partial charge in [0.25, 0.3) is 5.56 Å². The van der Waals surface area contributed by atoms with Gasteiger partial charge < -0.3 is 9.84 Å². The lowest BCUT2D eigenvalue weighted by molar-refractivity contribution is 0.103. The van der Waals surface area contributed by atoms with Gasteiger partial charge in [0.2, 0.25) is 5.88 Å². The first kappa shape index (κ1) is 20.9. The Balaban J connectivity index is 2.16. The molecule has 30 heavy (non-hydrogen) atoms. The van der Waals surface area contributed by atoms with Crippen LogP contribution in [0.2, 0.25) is 0 Å². The van der Waals surface area contributed by atoms with E-state index in [1.165, 1.54) is 6.92 Å². The van der Waals surface area contributed by atoms with Crippen LogP contribution < -0.4 is 10.3 Å². The molecule has 0 unspecified atom stereocenters. The number of benzene rings is 2. The Morgan fingerprint density at radius 1 is 1.17 bits per heavy atom. The van der Waals surface area contributed by atoms with Crippen molar-refractivity contribution in [3.8, 4) is 17.7 Å². The third kappa shape index (κ3) is 3.96. The maximum atomic E-state index is 13.2. The molecule has 0 atom stereocenters. The van der Waals surface area contributed by atoms with Crippen LogP contribution in [0.3, 0.4) is 0 Å². The fraction of sp³-hybridized carbons (Fsp3) is 0.208. The molecule has 0 aliphatic carbocycles. The number of aryl methyl sites for hydroxylation is 1. The maximum absolute atomic E-state index is 13.2. The lowest BCUT2D eigenvalue weighted by Crippen LogP contribution is -2.27. The molecule has 1 aromatic heterocycles. The van der Waals surface area contributed by atoms with Crippen LogP contribution >= 0.6 is 0 Å². The van der Waals surface area contributed by atoms with Gasteiger partial charge in [-0.3, -0.25) is 14.2 Å². The largest absolute Gasteiger partial charge is 0.494 e. The maximum Gasteiger partial charge on any atom is 0.271 e. The summed E-state index contributed by atoms with van der Waals surface area (Å²) in [6.07, 6.45) is 0. The summed E-state index contributed by atoms with van der Waals surface area (Å²) in [6.45, 7) is 5.77. The van der Waals surface area contributed by atoms with Gasteiger partial charge in [-0.05, 0) is 44.0 Å². The molecule has 0 spiro atoms. The first-order chi connectivity index (χ1) is 14.4. The van der Waals surface area contributed by atoms with E-state index in [2.05, 4.69) is 0 Å². The Morgan fingerprint density at radius 2 is 1.87 bits per heavy atom. The second-order valence-electron chi connectivity index (χ2n) is 6.98. The van der Waals surface area contributed by atoms with E-state index in [4.69, 9.17) is 4.74 Å². The molecule has 0 aliphatic rings. The predicted octanol–water partition coefficient (Wildman–Crippen LogP) is 3.72. The lowest BCUT2D eigenvalue weighted by Gasteiger charge is -2.16. The summed E-state index contributed by atoms with van der Waals surface area (Å²) in [7, 11) is 0. The number of nitriles is 1. The van der Waals surface area contributed by atoms with Crippen molar-refractivity contribution in [3.05, 3.63) is 92.3 Å². The molecule has 152 valence electrons. The minimum Gasteiger partial charge on any atom is -0.494 e. The third-order valence-electron chi connectivity index (χ3n) is 4.90. The van der Waals surface area contributed by atoms with E-state index in [1.54, 1.807) is 24.3 Å². The molecule has 6 heteroatoms. The second kappa shape index (κ2) is 8.66. The summed E-state index contributed by atoms with van der Waals surface area (Å²) in [6, 6.07) is 15.9. The van der Waals surface area contributed by atoms with Crippen molar-refractivity contribution in [2.75, 3.05) is 6.61 Å². The molecule has 6 nitrogen and oxygen atoms in total. The van der Waals surface area contributed by atoms with Crippen molar-refractivity contribution >= 4 is 5.78 Å². The predicted molar refractivity (Wildman–Crippen MR) is 113 cm³/mol. The zero-order valence-corrected chi connectivity index (χ0v) is 17.1. The average molecular weight is 402 g/mol. The van der Waals surface area contributed by atoms with Crippen molar-refractivity contribution < 1.29 is 14.6 Å². The molecule has 0 radical (unpaired) electrons. The molecular formula is C24H22N2O4. The van der Waals surface area contributed by atoms with E-state index >= 15 is 0 Å². The molecule has 1 heterocycles. The molecule has 0 aliphatic heterocycles. The average Bonchev–Trinajstić information content (AvgIpc) is 2.73. The smallest absolute Gasteiger partial charge is 0.271 e. The Labute approximate surface area is 174 Å². The number of rotatable bonds is 6.